The lowest BCUT2D eigenvalue weighted by Crippen LogP contribution is -2.21. The van der Waals surface area contributed by atoms with E-state index in [0.717, 1.165) is 34.7 Å². The van der Waals surface area contributed by atoms with Gasteiger partial charge in [-0.25, -0.2) is 9.78 Å². The Labute approximate surface area is 172 Å². The number of fused-ring (bicyclic) bond motifs is 1. The molecule has 7 nitrogen and oxygen atoms in total. The van der Waals surface area contributed by atoms with Gasteiger partial charge >= 0.3 is 12.3 Å². The SMILES string of the molecule is Cc1cc(C)c2c(N)c(C(=O)OCC(=O)Nc3ccc(OC(F)(F)F)cc3)sc2n1. The van der Waals surface area contributed by atoms with Crippen LogP contribution in [0.1, 0.15) is 20.9 Å². The zero-order valence-corrected chi connectivity index (χ0v) is 16.6. The molecule has 0 fully saturated rings. The van der Waals surface area contributed by atoms with Gasteiger partial charge in [0, 0.05) is 16.8 Å². The van der Waals surface area contributed by atoms with Gasteiger partial charge in [-0.05, 0) is 49.7 Å². The van der Waals surface area contributed by atoms with Gasteiger partial charge in [-0.3, -0.25) is 4.79 Å². The molecule has 0 spiro atoms. The number of pyridine rings is 1. The van der Waals surface area contributed by atoms with Crippen molar-refractivity contribution in [2.75, 3.05) is 17.7 Å². The van der Waals surface area contributed by atoms with Crippen LogP contribution in [-0.2, 0) is 9.53 Å². The first-order chi connectivity index (χ1) is 14.0. The van der Waals surface area contributed by atoms with Crippen LogP contribution in [0.5, 0.6) is 5.75 Å². The molecule has 3 rings (SSSR count). The molecular formula is C19H16F3N3O4S. The van der Waals surface area contributed by atoms with Gasteiger partial charge in [0.1, 0.15) is 15.5 Å². The van der Waals surface area contributed by atoms with Gasteiger partial charge < -0.3 is 20.5 Å². The number of ether oxygens (including phenoxy) is 2. The van der Waals surface area contributed by atoms with E-state index in [9.17, 15) is 22.8 Å². The highest BCUT2D eigenvalue weighted by atomic mass is 32.1. The number of anilines is 2. The molecular weight excluding hydrogens is 423 g/mol. The number of rotatable bonds is 5. The number of nitrogens with two attached hydrogens (primary N) is 1. The largest absolute Gasteiger partial charge is 0.573 e. The third-order valence-corrected chi connectivity index (χ3v) is 5.00. The lowest BCUT2D eigenvalue weighted by atomic mass is 10.1. The van der Waals surface area contributed by atoms with Crippen LogP contribution in [0.4, 0.5) is 24.5 Å². The molecule has 3 aromatic rings. The van der Waals surface area contributed by atoms with Crippen molar-refractivity contribution < 1.29 is 32.2 Å². The Hall–Kier alpha value is -3.34. The summed E-state index contributed by atoms with van der Waals surface area (Å²) >= 11 is 1.07. The van der Waals surface area contributed by atoms with Crippen molar-refractivity contribution in [1.29, 1.82) is 0 Å². The number of nitrogens with zero attached hydrogens (tertiary/aromatic N) is 1. The summed E-state index contributed by atoms with van der Waals surface area (Å²) in [5.41, 5.74) is 8.17. The van der Waals surface area contributed by atoms with E-state index in [4.69, 9.17) is 10.5 Å². The Morgan fingerprint density at radius 2 is 1.87 bits per heavy atom. The van der Waals surface area contributed by atoms with Gasteiger partial charge in [0.25, 0.3) is 5.91 Å². The van der Waals surface area contributed by atoms with Crippen LogP contribution in [0, 0.1) is 13.8 Å². The van der Waals surface area contributed by atoms with E-state index in [1.807, 2.05) is 19.9 Å². The smallest absolute Gasteiger partial charge is 0.451 e. The minimum Gasteiger partial charge on any atom is -0.451 e. The molecule has 0 radical (unpaired) electrons. The summed E-state index contributed by atoms with van der Waals surface area (Å²) in [6, 6.07) is 6.39. The number of carbonyl (C=O) groups is 2. The van der Waals surface area contributed by atoms with Gasteiger partial charge in [-0.1, -0.05) is 0 Å². The fourth-order valence-corrected chi connectivity index (χ4v) is 3.86. The van der Waals surface area contributed by atoms with Crippen molar-refractivity contribution in [1.82, 2.24) is 4.98 Å². The van der Waals surface area contributed by atoms with Crippen molar-refractivity contribution in [2.24, 2.45) is 0 Å². The Morgan fingerprint density at radius 1 is 1.20 bits per heavy atom. The van der Waals surface area contributed by atoms with E-state index in [0.29, 0.717) is 10.2 Å². The highest BCUT2D eigenvalue weighted by Crippen LogP contribution is 2.35. The van der Waals surface area contributed by atoms with E-state index >= 15 is 0 Å². The van der Waals surface area contributed by atoms with Crippen LogP contribution in [0.25, 0.3) is 10.2 Å². The lowest BCUT2D eigenvalue weighted by Gasteiger charge is -2.10. The van der Waals surface area contributed by atoms with Crippen LogP contribution >= 0.6 is 11.3 Å². The molecule has 11 heteroatoms. The summed E-state index contributed by atoms with van der Waals surface area (Å²) in [5.74, 6) is -1.86. The number of nitrogen functional groups attached to an aromatic ring is 1. The number of hydrogen-bond acceptors (Lipinski definition) is 7. The zero-order chi connectivity index (χ0) is 22.1. The summed E-state index contributed by atoms with van der Waals surface area (Å²) in [6.45, 7) is 3.08. The average Bonchev–Trinajstić information content (AvgIpc) is 2.97. The predicted molar refractivity (Wildman–Crippen MR) is 106 cm³/mol. The second-order valence-corrected chi connectivity index (χ2v) is 7.30. The number of hydrogen-bond donors (Lipinski definition) is 2. The molecule has 2 heterocycles. The molecule has 1 aromatic carbocycles. The van der Waals surface area contributed by atoms with Crippen molar-refractivity contribution in [2.45, 2.75) is 20.2 Å². The number of aromatic nitrogens is 1. The second-order valence-electron chi connectivity index (χ2n) is 6.30. The fraction of sp³-hybridized carbons (Fsp3) is 0.211. The van der Waals surface area contributed by atoms with Crippen molar-refractivity contribution >= 4 is 44.8 Å². The number of benzene rings is 1. The fourth-order valence-electron chi connectivity index (χ4n) is 2.75. The minimum atomic E-state index is -4.81. The number of esters is 1. The minimum absolute atomic E-state index is 0.146. The number of aryl methyl sites for hydroxylation is 2. The highest BCUT2D eigenvalue weighted by Gasteiger charge is 2.31. The molecule has 0 saturated heterocycles. The molecule has 158 valence electrons. The third kappa shape index (κ3) is 4.98. The Bertz CT molecular complexity index is 1110. The average molecular weight is 439 g/mol. The second kappa shape index (κ2) is 8.19. The lowest BCUT2D eigenvalue weighted by molar-refractivity contribution is -0.274. The van der Waals surface area contributed by atoms with Crippen molar-refractivity contribution in [3.05, 3.63) is 46.5 Å². The van der Waals surface area contributed by atoms with E-state index < -0.39 is 30.6 Å². The summed E-state index contributed by atoms with van der Waals surface area (Å²) < 4.78 is 45.2. The number of amides is 1. The first-order valence-corrected chi connectivity index (χ1v) is 9.34. The van der Waals surface area contributed by atoms with Crippen LogP contribution in [0.15, 0.2) is 30.3 Å². The van der Waals surface area contributed by atoms with E-state index in [1.165, 1.54) is 12.1 Å². The molecule has 2 aromatic heterocycles. The van der Waals surface area contributed by atoms with E-state index in [2.05, 4.69) is 15.0 Å². The Balaban J connectivity index is 1.61. The van der Waals surface area contributed by atoms with E-state index in [-0.39, 0.29) is 16.3 Å². The highest BCUT2D eigenvalue weighted by molar-refractivity contribution is 7.21. The molecule has 0 aliphatic rings. The molecule has 0 aliphatic heterocycles. The van der Waals surface area contributed by atoms with Gasteiger partial charge in [-0.15, -0.1) is 24.5 Å². The number of thiophene rings is 1. The maximum absolute atomic E-state index is 12.3. The standard InChI is InChI=1S/C19H16F3N3O4S/c1-9-7-10(2)24-17-14(9)15(23)16(30-17)18(27)28-8-13(26)25-11-3-5-12(6-4-11)29-19(20,21)22/h3-7H,8,23H2,1-2H3,(H,25,26). The zero-order valence-electron chi connectivity index (χ0n) is 15.8. The normalized spacial score (nSPS) is 11.4. The van der Waals surface area contributed by atoms with Crippen LogP contribution < -0.4 is 15.8 Å². The molecule has 0 saturated carbocycles. The van der Waals surface area contributed by atoms with Gasteiger partial charge in [0.05, 0.1) is 5.69 Å². The van der Waals surface area contributed by atoms with Gasteiger partial charge in [-0.2, -0.15) is 0 Å². The maximum Gasteiger partial charge on any atom is 0.573 e. The van der Waals surface area contributed by atoms with Crippen molar-refractivity contribution in [3.8, 4) is 5.75 Å². The number of nitrogens with one attached hydrogen (secondary N) is 1. The third-order valence-electron chi connectivity index (χ3n) is 3.92. The molecule has 0 atom stereocenters. The van der Waals surface area contributed by atoms with Crippen LogP contribution in [0.3, 0.4) is 0 Å². The van der Waals surface area contributed by atoms with Crippen LogP contribution in [0.2, 0.25) is 0 Å². The predicted octanol–water partition coefficient (Wildman–Crippen LogP) is 4.19. The topological polar surface area (TPSA) is 104 Å². The summed E-state index contributed by atoms with van der Waals surface area (Å²) in [5, 5.41) is 3.07. The quantitative estimate of drug-likeness (QED) is 0.578. The maximum atomic E-state index is 12.3. The van der Waals surface area contributed by atoms with Crippen LogP contribution in [-0.4, -0.2) is 29.8 Å². The summed E-state index contributed by atoms with van der Waals surface area (Å²) in [4.78, 5) is 29.4. The Kier molecular flexibility index (Phi) is 5.83. The van der Waals surface area contributed by atoms with E-state index in [1.54, 1.807) is 0 Å². The first-order valence-electron chi connectivity index (χ1n) is 8.52. The number of alkyl halides is 3. The summed E-state index contributed by atoms with van der Waals surface area (Å²) in [6.07, 6.45) is -4.81. The van der Waals surface area contributed by atoms with Gasteiger partial charge in [0.2, 0.25) is 0 Å². The molecule has 0 aliphatic carbocycles. The number of carbonyl (C=O) groups excluding carboxylic acids is 2. The first kappa shape index (κ1) is 21.4. The Morgan fingerprint density at radius 3 is 2.50 bits per heavy atom. The molecule has 3 N–H and O–H groups in total. The van der Waals surface area contributed by atoms with Gasteiger partial charge in [0.15, 0.2) is 6.61 Å². The monoisotopic (exact) mass is 439 g/mol. The molecule has 30 heavy (non-hydrogen) atoms. The summed E-state index contributed by atoms with van der Waals surface area (Å²) in [7, 11) is 0. The molecule has 0 bridgehead atoms. The molecule has 0 unspecified atom stereocenters. The molecule has 1 amide bonds. The van der Waals surface area contributed by atoms with Crippen molar-refractivity contribution in [3.63, 3.8) is 0 Å². The number of halogens is 3.